The van der Waals surface area contributed by atoms with Crippen LogP contribution in [0.15, 0.2) is 18.2 Å². The molecule has 0 fully saturated rings. The molecule has 0 spiro atoms. The summed E-state index contributed by atoms with van der Waals surface area (Å²) in [5.74, 6) is 2.10. The molecule has 4 nitrogen and oxygen atoms in total. The van der Waals surface area contributed by atoms with Gasteiger partial charge in [-0.1, -0.05) is 12.2 Å². The van der Waals surface area contributed by atoms with Crippen LogP contribution in [0.4, 0.5) is 0 Å². The Morgan fingerprint density at radius 3 is 3.06 bits per heavy atom. The monoisotopic (exact) mass is 221 g/mol. The maximum Gasteiger partial charge on any atom is 0.231 e. The summed E-state index contributed by atoms with van der Waals surface area (Å²) in [5, 5.41) is 0. The lowest BCUT2D eigenvalue weighted by Crippen LogP contribution is -1.95. The van der Waals surface area contributed by atoms with Gasteiger partial charge in [-0.05, 0) is 30.7 Å². The molecule has 1 aliphatic rings. The van der Waals surface area contributed by atoms with E-state index < -0.39 is 0 Å². The molecule has 0 saturated carbocycles. The first kappa shape index (κ1) is 10.8. The molecule has 0 radical (unpaired) electrons. The van der Waals surface area contributed by atoms with Crippen molar-refractivity contribution in [2.75, 3.05) is 20.4 Å². The lowest BCUT2D eigenvalue weighted by atomic mass is 10.1. The average molecular weight is 221 g/mol. The lowest BCUT2D eigenvalue weighted by Gasteiger charge is -2.05. The summed E-state index contributed by atoms with van der Waals surface area (Å²) in [6.45, 7) is 0.903. The second-order valence-corrected chi connectivity index (χ2v) is 3.44. The zero-order chi connectivity index (χ0) is 11.4. The van der Waals surface area contributed by atoms with Gasteiger partial charge in [0.05, 0.1) is 7.11 Å². The SMILES string of the molecule is COc1cc(/C=C/CCN)cc2c1OCO2. The van der Waals surface area contributed by atoms with Gasteiger partial charge in [0.1, 0.15) is 0 Å². The van der Waals surface area contributed by atoms with Gasteiger partial charge in [-0.3, -0.25) is 0 Å². The van der Waals surface area contributed by atoms with Crippen molar-refractivity contribution in [1.29, 1.82) is 0 Å². The smallest absolute Gasteiger partial charge is 0.231 e. The molecule has 16 heavy (non-hydrogen) atoms. The molecule has 0 saturated heterocycles. The van der Waals surface area contributed by atoms with E-state index in [-0.39, 0.29) is 6.79 Å². The van der Waals surface area contributed by atoms with Crippen molar-refractivity contribution in [3.05, 3.63) is 23.8 Å². The molecule has 1 aromatic rings. The quantitative estimate of drug-likeness (QED) is 0.842. The first-order valence-electron chi connectivity index (χ1n) is 5.19. The Morgan fingerprint density at radius 1 is 1.44 bits per heavy atom. The van der Waals surface area contributed by atoms with Gasteiger partial charge in [0.25, 0.3) is 0 Å². The highest BCUT2D eigenvalue weighted by Crippen LogP contribution is 2.42. The van der Waals surface area contributed by atoms with E-state index in [4.69, 9.17) is 19.9 Å². The topological polar surface area (TPSA) is 53.7 Å². The fourth-order valence-corrected chi connectivity index (χ4v) is 1.56. The number of benzene rings is 1. The van der Waals surface area contributed by atoms with Gasteiger partial charge in [0.15, 0.2) is 11.5 Å². The standard InChI is InChI=1S/C12H15NO3/c1-14-10-6-9(4-2-3-5-13)7-11-12(10)16-8-15-11/h2,4,6-7H,3,5,8,13H2,1H3/b4-2+. The van der Waals surface area contributed by atoms with Crippen LogP contribution < -0.4 is 19.9 Å². The molecule has 0 bridgehead atoms. The van der Waals surface area contributed by atoms with Gasteiger partial charge < -0.3 is 19.9 Å². The van der Waals surface area contributed by atoms with Crippen LogP contribution in [0.3, 0.4) is 0 Å². The van der Waals surface area contributed by atoms with Crippen LogP contribution in [0.5, 0.6) is 17.2 Å². The van der Waals surface area contributed by atoms with E-state index in [0.29, 0.717) is 18.0 Å². The second kappa shape index (κ2) is 4.90. The Kier molecular flexibility index (Phi) is 3.31. The van der Waals surface area contributed by atoms with E-state index in [9.17, 15) is 0 Å². The Labute approximate surface area is 94.6 Å². The van der Waals surface area contributed by atoms with Crippen molar-refractivity contribution in [2.45, 2.75) is 6.42 Å². The molecule has 1 heterocycles. The summed E-state index contributed by atoms with van der Waals surface area (Å²) in [5.41, 5.74) is 6.44. The lowest BCUT2D eigenvalue weighted by molar-refractivity contribution is 0.171. The molecule has 4 heteroatoms. The van der Waals surface area contributed by atoms with Crippen molar-refractivity contribution in [1.82, 2.24) is 0 Å². The normalized spacial score (nSPS) is 13.4. The Balaban J connectivity index is 2.27. The number of hydrogen-bond acceptors (Lipinski definition) is 4. The number of fused-ring (bicyclic) bond motifs is 1. The highest BCUT2D eigenvalue weighted by atomic mass is 16.7. The van der Waals surface area contributed by atoms with Crippen molar-refractivity contribution < 1.29 is 14.2 Å². The molecule has 2 rings (SSSR count). The maximum absolute atomic E-state index is 5.42. The van der Waals surface area contributed by atoms with E-state index in [1.165, 1.54) is 0 Å². The molecular weight excluding hydrogens is 206 g/mol. The van der Waals surface area contributed by atoms with Crippen LogP contribution in [0.25, 0.3) is 6.08 Å². The van der Waals surface area contributed by atoms with E-state index >= 15 is 0 Å². The maximum atomic E-state index is 5.42. The molecule has 0 aliphatic carbocycles. The Bertz CT molecular complexity index is 401. The number of nitrogens with two attached hydrogens (primary N) is 1. The molecule has 0 aromatic heterocycles. The van der Waals surface area contributed by atoms with Crippen molar-refractivity contribution >= 4 is 6.08 Å². The molecule has 0 amide bonds. The summed E-state index contributed by atoms with van der Waals surface area (Å²) in [6, 6.07) is 3.85. The molecular formula is C12H15NO3. The van der Waals surface area contributed by atoms with Crippen molar-refractivity contribution in [3.8, 4) is 17.2 Å². The average Bonchev–Trinajstić information content (AvgIpc) is 2.76. The van der Waals surface area contributed by atoms with Crippen LogP contribution in [-0.4, -0.2) is 20.4 Å². The van der Waals surface area contributed by atoms with Gasteiger partial charge in [-0.2, -0.15) is 0 Å². The van der Waals surface area contributed by atoms with E-state index in [1.54, 1.807) is 7.11 Å². The molecule has 0 atom stereocenters. The predicted molar refractivity (Wildman–Crippen MR) is 61.8 cm³/mol. The number of rotatable bonds is 4. The van der Waals surface area contributed by atoms with Gasteiger partial charge in [-0.15, -0.1) is 0 Å². The van der Waals surface area contributed by atoms with Gasteiger partial charge in [-0.25, -0.2) is 0 Å². The minimum Gasteiger partial charge on any atom is -0.493 e. The fourth-order valence-electron chi connectivity index (χ4n) is 1.56. The predicted octanol–water partition coefficient (Wildman–Crippen LogP) is 1.79. The second-order valence-electron chi connectivity index (χ2n) is 3.44. The van der Waals surface area contributed by atoms with Gasteiger partial charge >= 0.3 is 0 Å². The summed E-state index contributed by atoms with van der Waals surface area (Å²) >= 11 is 0. The highest BCUT2D eigenvalue weighted by molar-refractivity contribution is 5.62. The summed E-state index contributed by atoms with van der Waals surface area (Å²) in [7, 11) is 1.62. The zero-order valence-corrected chi connectivity index (χ0v) is 9.23. The van der Waals surface area contributed by atoms with Gasteiger partial charge in [0.2, 0.25) is 12.5 Å². The van der Waals surface area contributed by atoms with Crippen LogP contribution in [0.2, 0.25) is 0 Å². The van der Waals surface area contributed by atoms with Crippen LogP contribution in [0.1, 0.15) is 12.0 Å². The zero-order valence-electron chi connectivity index (χ0n) is 9.23. The molecule has 2 N–H and O–H groups in total. The first-order chi connectivity index (χ1) is 7.85. The molecule has 86 valence electrons. The highest BCUT2D eigenvalue weighted by Gasteiger charge is 2.19. The van der Waals surface area contributed by atoms with Crippen molar-refractivity contribution in [2.24, 2.45) is 5.73 Å². The summed E-state index contributed by atoms with van der Waals surface area (Å²) in [6.07, 6.45) is 4.88. The Morgan fingerprint density at radius 2 is 2.31 bits per heavy atom. The van der Waals surface area contributed by atoms with E-state index in [1.807, 2.05) is 24.3 Å². The minimum absolute atomic E-state index is 0.252. The third-order valence-electron chi connectivity index (χ3n) is 2.32. The third-order valence-corrected chi connectivity index (χ3v) is 2.32. The van der Waals surface area contributed by atoms with Crippen LogP contribution >= 0.6 is 0 Å². The summed E-state index contributed by atoms with van der Waals surface area (Å²) < 4.78 is 15.9. The largest absolute Gasteiger partial charge is 0.493 e. The molecule has 0 unspecified atom stereocenters. The van der Waals surface area contributed by atoms with E-state index in [2.05, 4.69) is 0 Å². The fraction of sp³-hybridized carbons (Fsp3) is 0.333. The third kappa shape index (κ3) is 2.12. The van der Waals surface area contributed by atoms with E-state index in [0.717, 1.165) is 17.7 Å². The molecule has 1 aromatic carbocycles. The number of hydrogen-bond donors (Lipinski definition) is 1. The Hall–Kier alpha value is -1.68. The van der Waals surface area contributed by atoms with Gasteiger partial charge in [0, 0.05) is 0 Å². The number of ether oxygens (including phenoxy) is 3. The summed E-state index contributed by atoms with van der Waals surface area (Å²) in [4.78, 5) is 0. The van der Waals surface area contributed by atoms with Crippen LogP contribution in [-0.2, 0) is 0 Å². The van der Waals surface area contributed by atoms with Crippen LogP contribution in [0, 0.1) is 0 Å². The minimum atomic E-state index is 0.252. The molecule has 1 aliphatic heterocycles. The van der Waals surface area contributed by atoms with Crippen molar-refractivity contribution in [3.63, 3.8) is 0 Å². The first-order valence-corrected chi connectivity index (χ1v) is 5.19. The number of methoxy groups -OCH3 is 1.